The smallest absolute Gasteiger partial charge is 0.234 e. The molecule has 1 aliphatic heterocycles. The van der Waals surface area contributed by atoms with Crippen LogP contribution in [0.25, 0.3) is 11.0 Å². The number of benzene rings is 1. The number of rotatable bonds is 4. The molecule has 1 aromatic carbocycles. The first-order valence-corrected chi connectivity index (χ1v) is 8.58. The molecule has 130 valence electrons. The largest absolute Gasteiger partial charge is 0.350 e. The number of carbonyl (C=O) groups excluding carboxylic acids is 1. The number of hydrogen-bond donors (Lipinski definition) is 2. The number of carbonyl (C=O) groups is 1. The molecule has 3 rings (SSSR count). The fourth-order valence-electron chi connectivity index (χ4n) is 3.06. The summed E-state index contributed by atoms with van der Waals surface area (Å²) in [7, 11) is 0. The van der Waals surface area contributed by atoms with Crippen LogP contribution in [0.1, 0.15) is 26.6 Å². The molecule has 1 saturated heterocycles. The molecule has 0 atom stereocenters. The van der Waals surface area contributed by atoms with Crippen LogP contribution in [-0.2, 0) is 11.3 Å². The minimum Gasteiger partial charge on any atom is -0.350 e. The van der Waals surface area contributed by atoms with Crippen molar-refractivity contribution in [2.75, 3.05) is 32.7 Å². The van der Waals surface area contributed by atoms with Crippen molar-refractivity contribution in [3.05, 3.63) is 30.1 Å². The highest BCUT2D eigenvalue weighted by Gasteiger charge is 2.21. The quantitative estimate of drug-likeness (QED) is 0.894. The minimum atomic E-state index is -0.166. The predicted molar refractivity (Wildman–Crippen MR) is 95.7 cm³/mol. The highest BCUT2D eigenvalue weighted by molar-refractivity contribution is 5.78. The fourth-order valence-corrected chi connectivity index (χ4v) is 3.06. The molecule has 1 aliphatic rings. The van der Waals surface area contributed by atoms with Gasteiger partial charge in [0.1, 0.15) is 5.82 Å². The van der Waals surface area contributed by atoms with Gasteiger partial charge in [0.05, 0.1) is 24.1 Å². The summed E-state index contributed by atoms with van der Waals surface area (Å²) in [6, 6.07) is 8.11. The van der Waals surface area contributed by atoms with Gasteiger partial charge in [0.15, 0.2) is 0 Å². The van der Waals surface area contributed by atoms with Gasteiger partial charge in [-0.2, -0.15) is 0 Å². The van der Waals surface area contributed by atoms with Crippen LogP contribution in [0.2, 0.25) is 0 Å². The fraction of sp³-hybridized carbons (Fsp3) is 0.556. The Morgan fingerprint density at radius 2 is 1.83 bits per heavy atom. The number of fused-ring (bicyclic) bond motifs is 1. The van der Waals surface area contributed by atoms with Crippen molar-refractivity contribution >= 4 is 16.9 Å². The van der Waals surface area contributed by atoms with E-state index in [1.54, 1.807) is 0 Å². The molecule has 2 aromatic rings. The Bertz CT molecular complexity index is 662. The molecular formula is C18H27N5O. The van der Waals surface area contributed by atoms with E-state index >= 15 is 0 Å². The first-order chi connectivity index (χ1) is 11.4. The van der Waals surface area contributed by atoms with Gasteiger partial charge in [0.2, 0.25) is 5.91 Å². The normalized spacial score (nSPS) is 17.3. The Morgan fingerprint density at radius 3 is 2.50 bits per heavy atom. The first kappa shape index (κ1) is 16.9. The lowest BCUT2D eigenvalue weighted by Crippen LogP contribution is -2.51. The number of para-hydroxylation sites is 2. The summed E-state index contributed by atoms with van der Waals surface area (Å²) in [6.07, 6.45) is 0. The third-order valence-corrected chi connectivity index (χ3v) is 4.16. The maximum absolute atomic E-state index is 12.0. The molecule has 0 radical (unpaired) electrons. The van der Waals surface area contributed by atoms with Crippen molar-refractivity contribution in [3.63, 3.8) is 0 Å². The molecule has 1 fully saturated rings. The van der Waals surface area contributed by atoms with E-state index in [1.165, 1.54) is 0 Å². The van der Waals surface area contributed by atoms with Crippen LogP contribution in [-0.4, -0.2) is 63.9 Å². The summed E-state index contributed by atoms with van der Waals surface area (Å²) in [5.74, 6) is 1.11. The van der Waals surface area contributed by atoms with Crippen LogP contribution in [0.5, 0.6) is 0 Å². The summed E-state index contributed by atoms with van der Waals surface area (Å²) in [4.78, 5) is 24.6. The maximum atomic E-state index is 12.0. The second-order valence-electron chi connectivity index (χ2n) is 7.55. The average molecular weight is 329 g/mol. The number of H-pyrrole nitrogens is 1. The van der Waals surface area contributed by atoms with Crippen LogP contribution in [0.4, 0.5) is 0 Å². The van der Waals surface area contributed by atoms with E-state index in [2.05, 4.69) is 31.2 Å². The van der Waals surface area contributed by atoms with Gasteiger partial charge in [0.25, 0.3) is 0 Å². The number of imidazole rings is 1. The maximum Gasteiger partial charge on any atom is 0.234 e. The van der Waals surface area contributed by atoms with E-state index in [9.17, 15) is 4.79 Å². The standard InChI is InChI=1S/C18H27N5O/c1-18(2,3)21-17(24)13-23-10-8-22(9-11-23)12-16-19-14-6-4-5-7-15(14)20-16/h4-7H,8-13H2,1-3H3,(H,19,20)(H,21,24). The Hall–Kier alpha value is -1.92. The van der Waals surface area contributed by atoms with E-state index in [0.717, 1.165) is 49.6 Å². The van der Waals surface area contributed by atoms with Gasteiger partial charge in [0, 0.05) is 31.7 Å². The summed E-state index contributed by atoms with van der Waals surface area (Å²) in [5.41, 5.74) is 1.94. The second-order valence-corrected chi connectivity index (χ2v) is 7.55. The topological polar surface area (TPSA) is 64.3 Å². The van der Waals surface area contributed by atoms with Crippen LogP contribution >= 0.6 is 0 Å². The molecule has 6 nitrogen and oxygen atoms in total. The molecule has 6 heteroatoms. The molecule has 0 bridgehead atoms. The monoisotopic (exact) mass is 329 g/mol. The van der Waals surface area contributed by atoms with Crippen LogP contribution in [0.15, 0.2) is 24.3 Å². The first-order valence-electron chi connectivity index (χ1n) is 8.58. The van der Waals surface area contributed by atoms with E-state index < -0.39 is 0 Å². The van der Waals surface area contributed by atoms with Crippen molar-refractivity contribution in [1.29, 1.82) is 0 Å². The summed E-state index contributed by atoms with van der Waals surface area (Å²) >= 11 is 0. The SMILES string of the molecule is CC(C)(C)NC(=O)CN1CCN(Cc2nc3ccccc3[nH]2)CC1. The van der Waals surface area contributed by atoms with Crippen molar-refractivity contribution in [2.24, 2.45) is 0 Å². The van der Waals surface area contributed by atoms with Gasteiger partial charge < -0.3 is 10.3 Å². The van der Waals surface area contributed by atoms with Crippen LogP contribution in [0, 0.1) is 0 Å². The van der Waals surface area contributed by atoms with Crippen molar-refractivity contribution < 1.29 is 4.79 Å². The van der Waals surface area contributed by atoms with Gasteiger partial charge in [-0.25, -0.2) is 4.98 Å². The molecule has 24 heavy (non-hydrogen) atoms. The zero-order valence-electron chi connectivity index (χ0n) is 14.8. The number of piperazine rings is 1. The average Bonchev–Trinajstić information content (AvgIpc) is 2.89. The lowest BCUT2D eigenvalue weighted by atomic mass is 10.1. The molecule has 2 heterocycles. The Balaban J connectivity index is 1.47. The minimum absolute atomic E-state index is 0.105. The summed E-state index contributed by atoms with van der Waals surface area (Å²) < 4.78 is 0. The van der Waals surface area contributed by atoms with Gasteiger partial charge in [-0.05, 0) is 32.9 Å². The summed E-state index contributed by atoms with van der Waals surface area (Å²) in [5, 5.41) is 3.02. The highest BCUT2D eigenvalue weighted by atomic mass is 16.2. The molecule has 2 N–H and O–H groups in total. The molecule has 0 unspecified atom stereocenters. The molecule has 1 amide bonds. The number of aromatic nitrogens is 2. The van der Waals surface area contributed by atoms with Crippen LogP contribution < -0.4 is 5.32 Å². The number of hydrogen-bond acceptors (Lipinski definition) is 4. The molecule has 0 saturated carbocycles. The lowest BCUT2D eigenvalue weighted by Gasteiger charge is -2.34. The molecule has 1 aromatic heterocycles. The number of nitrogens with one attached hydrogen (secondary N) is 2. The highest BCUT2D eigenvalue weighted by Crippen LogP contribution is 2.13. The molecule has 0 spiro atoms. The molecule has 0 aliphatic carbocycles. The Morgan fingerprint density at radius 1 is 1.17 bits per heavy atom. The van der Waals surface area contributed by atoms with Crippen molar-refractivity contribution in [2.45, 2.75) is 32.9 Å². The van der Waals surface area contributed by atoms with Crippen molar-refractivity contribution in [3.8, 4) is 0 Å². The van der Waals surface area contributed by atoms with Crippen molar-refractivity contribution in [1.82, 2.24) is 25.1 Å². The van der Waals surface area contributed by atoms with Gasteiger partial charge in [-0.15, -0.1) is 0 Å². The van der Waals surface area contributed by atoms with E-state index in [0.29, 0.717) is 6.54 Å². The van der Waals surface area contributed by atoms with Gasteiger partial charge >= 0.3 is 0 Å². The third kappa shape index (κ3) is 4.55. The lowest BCUT2D eigenvalue weighted by molar-refractivity contribution is -0.124. The van der Waals surface area contributed by atoms with Crippen LogP contribution in [0.3, 0.4) is 0 Å². The van der Waals surface area contributed by atoms with Gasteiger partial charge in [-0.1, -0.05) is 12.1 Å². The van der Waals surface area contributed by atoms with E-state index in [-0.39, 0.29) is 11.4 Å². The number of amides is 1. The zero-order chi connectivity index (χ0) is 17.2. The third-order valence-electron chi connectivity index (χ3n) is 4.16. The number of nitrogens with zero attached hydrogens (tertiary/aromatic N) is 3. The number of aromatic amines is 1. The van der Waals surface area contributed by atoms with E-state index in [4.69, 9.17) is 0 Å². The zero-order valence-corrected chi connectivity index (χ0v) is 14.8. The van der Waals surface area contributed by atoms with Gasteiger partial charge in [-0.3, -0.25) is 14.6 Å². The Kier molecular flexibility index (Phi) is 4.87. The summed E-state index contributed by atoms with van der Waals surface area (Å²) in [6.45, 7) is 11.1. The molecular weight excluding hydrogens is 302 g/mol. The van der Waals surface area contributed by atoms with E-state index in [1.807, 2.05) is 39.0 Å². The second kappa shape index (κ2) is 6.91. The predicted octanol–water partition coefficient (Wildman–Crippen LogP) is 1.60. The Labute approximate surface area is 143 Å².